The summed E-state index contributed by atoms with van der Waals surface area (Å²) < 4.78 is 1.79. The molecular weight excluding hydrogens is 268 g/mol. The van der Waals surface area contributed by atoms with Crippen LogP contribution in [0.15, 0.2) is 24.5 Å². The van der Waals surface area contributed by atoms with Crippen LogP contribution < -0.4 is 4.90 Å². The summed E-state index contributed by atoms with van der Waals surface area (Å²) in [7, 11) is 0. The van der Waals surface area contributed by atoms with E-state index in [1.165, 1.54) is 6.42 Å². The van der Waals surface area contributed by atoms with E-state index in [0.29, 0.717) is 0 Å². The van der Waals surface area contributed by atoms with Crippen LogP contribution in [0.4, 0.5) is 5.82 Å². The molecule has 0 aliphatic carbocycles. The molecule has 1 aliphatic rings. The van der Waals surface area contributed by atoms with Gasteiger partial charge in [-0.15, -0.1) is 0 Å². The van der Waals surface area contributed by atoms with Crippen molar-refractivity contribution in [2.24, 2.45) is 5.92 Å². The predicted molar refractivity (Wildman–Crippen MR) is 67.1 cm³/mol. The Bertz CT molecular complexity index is 495. The fraction of sp³-hybridized carbons (Fsp3) is 0.455. The Balaban J connectivity index is 1.88. The van der Waals surface area contributed by atoms with Crippen molar-refractivity contribution < 1.29 is 0 Å². The van der Waals surface area contributed by atoms with Crippen LogP contribution in [0.1, 0.15) is 6.42 Å². The van der Waals surface area contributed by atoms with Crippen molar-refractivity contribution >= 4 is 27.4 Å². The molecule has 4 nitrogen and oxygen atoms in total. The average molecular weight is 281 g/mol. The Morgan fingerprint density at radius 1 is 1.44 bits per heavy atom. The minimum absolute atomic E-state index is 0.753. The van der Waals surface area contributed by atoms with Gasteiger partial charge >= 0.3 is 0 Å². The third-order valence-electron chi connectivity index (χ3n) is 3.07. The van der Waals surface area contributed by atoms with Crippen LogP contribution in [-0.4, -0.2) is 33.0 Å². The van der Waals surface area contributed by atoms with Crippen molar-refractivity contribution in [2.45, 2.75) is 6.42 Å². The normalized spacial score (nSPS) is 20.8. The Kier molecular flexibility index (Phi) is 2.55. The molecule has 3 heterocycles. The lowest BCUT2D eigenvalue weighted by atomic mass is 10.2. The third kappa shape index (κ3) is 1.69. The quantitative estimate of drug-likeness (QED) is 0.789. The van der Waals surface area contributed by atoms with Gasteiger partial charge in [-0.05, 0) is 18.4 Å². The molecule has 1 unspecified atom stereocenters. The first-order valence-electron chi connectivity index (χ1n) is 5.48. The number of aromatic nitrogens is 3. The van der Waals surface area contributed by atoms with E-state index in [1.807, 2.05) is 18.3 Å². The number of hydrogen-bond donors (Lipinski definition) is 0. The number of anilines is 1. The number of alkyl halides is 1. The van der Waals surface area contributed by atoms with E-state index in [1.54, 1.807) is 10.7 Å². The molecule has 0 saturated carbocycles. The lowest BCUT2D eigenvalue weighted by molar-refractivity contribution is 0.675. The predicted octanol–water partition coefficient (Wildman–Crippen LogP) is 1.95. The van der Waals surface area contributed by atoms with E-state index in [2.05, 4.69) is 30.9 Å². The van der Waals surface area contributed by atoms with Crippen molar-refractivity contribution in [3.05, 3.63) is 24.5 Å². The molecule has 1 saturated heterocycles. The Morgan fingerprint density at radius 3 is 3.19 bits per heavy atom. The Morgan fingerprint density at radius 2 is 2.38 bits per heavy atom. The average Bonchev–Trinajstić information content (AvgIpc) is 2.96. The van der Waals surface area contributed by atoms with Gasteiger partial charge in [0.1, 0.15) is 5.82 Å². The standard InChI is InChI=1S/C11H13BrN4/c12-7-9-2-5-15(8-9)10-3-6-16-11(14-10)1-4-13-16/h1,3-4,6,9H,2,5,7-8H2. The molecule has 0 N–H and O–H groups in total. The lowest BCUT2D eigenvalue weighted by Crippen LogP contribution is -2.21. The summed E-state index contributed by atoms with van der Waals surface area (Å²) in [6.07, 6.45) is 4.99. The zero-order chi connectivity index (χ0) is 11.0. The summed E-state index contributed by atoms with van der Waals surface area (Å²) in [5.74, 6) is 1.82. The van der Waals surface area contributed by atoms with Crippen LogP contribution in [0.2, 0.25) is 0 Å². The number of halogens is 1. The molecular formula is C11H13BrN4. The van der Waals surface area contributed by atoms with E-state index < -0.39 is 0 Å². The van der Waals surface area contributed by atoms with Crippen LogP contribution in [0.25, 0.3) is 5.65 Å². The zero-order valence-electron chi connectivity index (χ0n) is 8.88. The largest absolute Gasteiger partial charge is 0.356 e. The SMILES string of the molecule is BrCC1CCN(c2ccn3nccc3n2)C1. The molecule has 1 aliphatic heterocycles. The van der Waals surface area contributed by atoms with Gasteiger partial charge in [-0.3, -0.25) is 0 Å². The van der Waals surface area contributed by atoms with Gasteiger partial charge in [0.05, 0.1) is 6.20 Å². The molecule has 16 heavy (non-hydrogen) atoms. The molecule has 0 spiro atoms. The van der Waals surface area contributed by atoms with Crippen molar-refractivity contribution in [1.29, 1.82) is 0 Å². The highest BCUT2D eigenvalue weighted by atomic mass is 79.9. The summed E-state index contributed by atoms with van der Waals surface area (Å²) >= 11 is 3.55. The van der Waals surface area contributed by atoms with Crippen LogP contribution in [0.5, 0.6) is 0 Å². The molecule has 0 amide bonds. The van der Waals surface area contributed by atoms with Crippen LogP contribution in [-0.2, 0) is 0 Å². The minimum Gasteiger partial charge on any atom is -0.356 e. The van der Waals surface area contributed by atoms with Gasteiger partial charge in [-0.1, -0.05) is 15.9 Å². The second-order valence-corrected chi connectivity index (χ2v) is 4.82. The fourth-order valence-electron chi connectivity index (χ4n) is 2.15. The summed E-state index contributed by atoms with van der Waals surface area (Å²) in [4.78, 5) is 6.94. The van der Waals surface area contributed by atoms with E-state index in [9.17, 15) is 0 Å². The highest BCUT2D eigenvalue weighted by Crippen LogP contribution is 2.23. The molecule has 3 rings (SSSR count). The first-order valence-corrected chi connectivity index (χ1v) is 6.60. The van der Waals surface area contributed by atoms with Gasteiger partial charge in [-0.2, -0.15) is 5.10 Å². The molecule has 2 aromatic heterocycles. The maximum Gasteiger partial charge on any atom is 0.157 e. The first-order chi connectivity index (χ1) is 7.86. The molecule has 5 heteroatoms. The van der Waals surface area contributed by atoms with Crippen LogP contribution in [0, 0.1) is 5.92 Å². The monoisotopic (exact) mass is 280 g/mol. The summed E-state index contributed by atoms with van der Waals surface area (Å²) in [6, 6.07) is 3.97. The highest BCUT2D eigenvalue weighted by Gasteiger charge is 2.22. The van der Waals surface area contributed by atoms with Gasteiger partial charge in [0.15, 0.2) is 5.65 Å². The molecule has 1 fully saturated rings. The number of fused-ring (bicyclic) bond motifs is 1. The van der Waals surface area contributed by atoms with Gasteiger partial charge in [0, 0.05) is 30.7 Å². The van der Waals surface area contributed by atoms with Crippen molar-refractivity contribution in [3.8, 4) is 0 Å². The summed E-state index contributed by atoms with van der Waals surface area (Å²) in [6.45, 7) is 2.20. The Labute approximate surface area is 102 Å². The summed E-state index contributed by atoms with van der Waals surface area (Å²) in [5, 5.41) is 5.23. The maximum atomic E-state index is 4.60. The van der Waals surface area contributed by atoms with E-state index >= 15 is 0 Å². The van der Waals surface area contributed by atoms with Crippen molar-refractivity contribution in [1.82, 2.24) is 14.6 Å². The van der Waals surface area contributed by atoms with Crippen molar-refractivity contribution in [3.63, 3.8) is 0 Å². The second kappa shape index (κ2) is 4.05. The molecule has 0 radical (unpaired) electrons. The molecule has 0 bridgehead atoms. The number of nitrogens with zero attached hydrogens (tertiary/aromatic N) is 4. The zero-order valence-corrected chi connectivity index (χ0v) is 10.5. The topological polar surface area (TPSA) is 33.4 Å². The first kappa shape index (κ1) is 10.1. The van der Waals surface area contributed by atoms with E-state index in [4.69, 9.17) is 0 Å². The lowest BCUT2D eigenvalue weighted by Gasteiger charge is -2.16. The van der Waals surface area contributed by atoms with E-state index in [0.717, 1.165) is 35.8 Å². The van der Waals surface area contributed by atoms with Gasteiger partial charge in [0.2, 0.25) is 0 Å². The maximum absolute atomic E-state index is 4.60. The van der Waals surface area contributed by atoms with Gasteiger partial charge in [0.25, 0.3) is 0 Å². The molecule has 0 aromatic carbocycles. The number of hydrogen-bond acceptors (Lipinski definition) is 3. The molecule has 1 atom stereocenters. The van der Waals surface area contributed by atoms with Gasteiger partial charge < -0.3 is 4.90 Å². The molecule has 2 aromatic rings. The Hall–Kier alpha value is -1.10. The highest BCUT2D eigenvalue weighted by molar-refractivity contribution is 9.09. The molecule has 84 valence electrons. The van der Waals surface area contributed by atoms with Crippen LogP contribution in [0.3, 0.4) is 0 Å². The minimum atomic E-state index is 0.753. The summed E-state index contributed by atoms with van der Waals surface area (Å²) in [5.41, 5.74) is 0.916. The van der Waals surface area contributed by atoms with Gasteiger partial charge in [-0.25, -0.2) is 9.50 Å². The second-order valence-electron chi connectivity index (χ2n) is 4.17. The number of rotatable bonds is 2. The van der Waals surface area contributed by atoms with Crippen molar-refractivity contribution in [2.75, 3.05) is 23.3 Å². The third-order valence-corrected chi connectivity index (χ3v) is 3.99. The fourth-order valence-corrected chi connectivity index (χ4v) is 2.67. The van der Waals surface area contributed by atoms with E-state index in [-0.39, 0.29) is 0 Å². The smallest absolute Gasteiger partial charge is 0.157 e. The van der Waals surface area contributed by atoms with Crippen LogP contribution >= 0.6 is 15.9 Å².